The van der Waals surface area contributed by atoms with Crippen LogP contribution >= 0.6 is 24.0 Å². The van der Waals surface area contributed by atoms with E-state index in [1.807, 2.05) is 11.8 Å². The summed E-state index contributed by atoms with van der Waals surface area (Å²) in [6, 6.07) is 0. The van der Waals surface area contributed by atoms with E-state index in [1.165, 1.54) is 24.1 Å². The molecule has 0 radical (unpaired) electrons. The molecule has 0 aromatic carbocycles. The van der Waals surface area contributed by atoms with E-state index >= 15 is 0 Å². The third-order valence-electron chi connectivity index (χ3n) is 2.84. The smallest absolute Gasteiger partial charge is 0.0389 e. The van der Waals surface area contributed by atoms with Crippen LogP contribution in [-0.2, 0) is 0 Å². The van der Waals surface area contributed by atoms with Crippen molar-refractivity contribution in [1.29, 1.82) is 0 Å². The minimum atomic E-state index is 0.744. The van der Waals surface area contributed by atoms with Crippen LogP contribution in [0.5, 0.6) is 0 Å². The van der Waals surface area contributed by atoms with Crippen molar-refractivity contribution in [1.82, 2.24) is 0 Å². The number of hydrogen-bond donors (Lipinski definition) is 0. The highest BCUT2D eigenvalue weighted by atomic mass is 32.2. The van der Waals surface area contributed by atoms with E-state index < -0.39 is 0 Å². The second-order valence-electron chi connectivity index (χ2n) is 3.33. The highest BCUT2D eigenvalue weighted by Gasteiger charge is 2.43. The van der Waals surface area contributed by atoms with Gasteiger partial charge in [-0.2, -0.15) is 11.8 Å². The van der Waals surface area contributed by atoms with E-state index in [4.69, 9.17) is 12.2 Å². The van der Waals surface area contributed by atoms with E-state index in [0.717, 1.165) is 17.1 Å². The van der Waals surface area contributed by atoms with Crippen LogP contribution in [0.2, 0.25) is 0 Å². The van der Waals surface area contributed by atoms with Gasteiger partial charge in [0, 0.05) is 10.1 Å². The molecule has 0 spiro atoms. The maximum Gasteiger partial charge on any atom is 0.0389 e. The quantitative estimate of drug-likeness (QED) is 0.557. The Morgan fingerprint density at radius 1 is 1.50 bits per heavy atom. The highest BCUT2D eigenvalue weighted by molar-refractivity contribution is 8.01. The minimum absolute atomic E-state index is 0.744. The Hall–Kier alpha value is 0.440. The Morgan fingerprint density at radius 3 is 2.70 bits per heavy atom. The number of rotatable bonds is 1. The molecule has 10 heavy (non-hydrogen) atoms. The summed E-state index contributed by atoms with van der Waals surface area (Å²) in [5.41, 5.74) is 0. The molecule has 2 aliphatic carbocycles. The van der Waals surface area contributed by atoms with Gasteiger partial charge in [-0.1, -0.05) is 12.2 Å². The Labute approximate surface area is 71.8 Å². The van der Waals surface area contributed by atoms with Crippen LogP contribution in [0.15, 0.2) is 0 Å². The lowest BCUT2D eigenvalue weighted by Crippen LogP contribution is -2.22. The van der Waals surface area contributed by atoms with Crippen LogP contribution in [0, 0.1) is 11.8 Å². The maximum absolute atomic E-state index is 5.37. The fraction of sp³-hybridized carbons (Fsp3) is 0.875. The van der Waals surface area contributed by atoms with E-state index in [0.29, 0.717) is 0 Å². The monoisotopic (exact) mass is 172 g/mol. The van der Waals surface area contributed by atoms with Crippen molar-refractivity contribution in [3.8, 4) is 0 Å². The summed E-state index contributed by atoms with van der Waals surface area (Å²) in [5, 5.41) is 0.744. The topological polar surface area (TPSA) is 0 Å². The molecule has 56 valence electrons. The van der Waals surface area contributed by atoms with Gasteiger partial charge in [0.2, 0.25) is 0 Å². The first kappa shape index (κ1) is 7.11. The van der Waals surface area contributed by atoms with E-state index in [9.17, 15) is 0 Å². The normalized spacial score (nSPS) is 44.9. The molecule has 2 heteroatoms. The summed E-state index contributed by atoms with van der Waals surface area (Å²) >= 11 is 7.33. The number of fused-ring (bicyclic) bond motifs is 2. The van der Waals surface area contributed by atoms with Crippen molar-refractivity contribution in [3.05, 3.63) is 0 Å². The first-order valence-corrected chi connectivity index (χ1v) is 5.59. The van der Waals surface area contributed by atoms with Gasteiger partial charge in [-0.25, -0.2) is 0 Å². The van der Waals surface area contributed by atoms with Gasteiger partial charge in [-0.15, -0.1) is 0 Å². The molecule has 2 saturated carbocycles. The molecule has 3 atom stereocenters. The number of hydrogen-bond acceptors (Lipinski definition) is 2. The third-order valence-corrected chi connectivity index (χ3v) is 4.72. The lowest BCUT2D eigenvalue weighted by atomic mass is 10.0. The molecule has 2 bridgehead atoms. The molecular weight excluding hydrogens is 160 g/mol. The van der Waals surface area contributed by atoms with E-state index in [2.05, 4.69) is 6.26 Å². The maximum atomic E-state index is 5.37. The van der Waals surface area contributed by atoms with Gasteiger partial charge in [-0.05, 0) is 37.4 Å². The molecule has 2 rings (SSSR count). The Bertz CT molecular complexity index is 165. The second-order valence-corrected chi connectivity index (χ2v) is 4.78. The van der Waals surface area contributed by atoms with Crippen molar-refractivity contribution in [2.45, 2.75) is 24.5 Å². The van der Waals surface area contributed by atoms with Gasteiger partial charge >= 0.3 is 0 Å². The lowest BCUT2D eigenvalue weighted by molar-refractivity contribution is 0.605. The molecule has 2 aliphatic rings. The summed E-state index contributed by atoms with van der Waals surface area (Å²) in [7, 11) is 0. The van der Waals surface area contributed by atoms with Crippen molar-refractivity contribution in [2.75, 3.05) is 6.26 Å². The van der Waals surface area contributed by atoms with Crippen LogP contribution in [-0.4, -0.2) is 16.4 Å². The zero-order valence-electron chi connectivity index (χ0n) is 6.17. The molecule has 0 heterocycles. The van der Waals surface area contributed by atoms with Gasteiger partial charge in [0.15, 0.2) is 0 Å². The molecule has 0 N–H and O–H groups in total. The largest absolute Gasteiger partial charge is 0.156 e. The van der Waals surface area contributed by atoms with E-state index in [1.54, 1.807) is 0 Å². The molecule has 2 fully saturated rings. The highest BCUT2D eigenvalue weighted by Crippen LogP contribution is 2.47. The molecule has 3 unspecified atom stereocenters. The Balaban J connectivity index is 2.17. The predicted molar refractivity (Wildman–Crippen MR) is 50.7 cm³/mol. The zero-order chi connectivity index (χ0) is 7.14. The van der Waals surface area contributed by atoms with E-state index in [-0.39, 0.29) is 0 Å². The third kappa shape index (κ3) is 0.850. The summed E-state index contributed by atoms with van der Waals surface area (Å²) in [5.74, 6) is 1.78. The van der Waals surface area contributed by atoms with Gasteiger partial charge in [0.05, 0.1) is 0 Å². The Kier molecular flexibility index (Phi) is 1.77. The zero-order valence-corrected chi connectivity index (χ0v) is 7.80. The summed E-state index contributed by atoms with van der Waals surface area (Å²) in [6.45, 7) is 0. The fourth-order valence-corrected chi connectivity index (χ4v) is 4.08. The molecule has 0 nitrogen and oxygen atoms in total. The summed E-state index contributed by atoms with van der Waals surface area (Å²) in [4.78, 5) is 1.38. The fourth-order valence-electron chi connectivity index (χ4n) is 2.32. The summed E-state index contributed by atoms with van der Waals surface area (Å²) < 4.78 is 0. The van der Waals surface area contributed by atoms with Crippen LogP contribution in [0.4, 0.5) is 0 Å². The average molecular weight is 172 g/mol. The number of thiocarbonyl (C=S) groups is 1. The Morgan fingerprint density at radius 2 is 2.30 bits per heavy atom. The SMILES string of the molecule is CSC1C(=S)C2CCC1C2. The van der Waals surface area contributed by atoms with Gasteiger partial charge in [0.25, 0.3) is 0 Å². The molecule has 0 amide bonds. The number of thioether (sulfide) groups is 1. The van der Waals surface area contributed by atoms with Crippen LogP contribution < -0.4 is 0 Å². The lowest BCUT2D eigenvalue weighted by Gasteiger charge is -2.19. The van der Waals surface area contributed by atoms with Crippen molar-refractivity contribution >= 4 is 28.8 Å². The van der Waals surface area contributed by atoms with Gasteiger partial charge < -0.3 is 0 Å². The summed E-state index contributed by atoms with van der Waals surface area (Å²) in [6.07, 6.45) is 6.43. The van der Waals surface area contributed by atoms with Gasteiger partial charge in [0.1, 0.15) is 0 Å². The van der Waals surface area contributed by atoms with Crippen molar-refractivity contribution < 1.29 is 0 Å². The first-order chi connectivity index (χ1) is 4.83. The molecule has 0 aromatic rings. The minimum Gasteiger partial charge on any atom is -0.156 e. The van der Waals surface area contributed by atoms with Crippen molar-refractivity contribution in [2.24, 2.45) is 11.8 Å². The molecule has 0 aliphatic heterocycles. The first-order valence-electron chi connectivity index (χ1n) is 3.89. The van der Waals surface area contributed by atoms with Gasteiger partial charge in [-0.3, -0.25) is 0 Å². The standard InChI is InChI=1S/C8H12S2/c1-10-8-6-3-2-5(4-6)7(8)9/h5-6,8H,2-4H2,1H3. The molecule has 0 aromatic heterocycles. The molecular formula is C8H12S2. The van der Waals surface area contributed by atoms with Crippen LogP contribution in [0.3, 0.4) is 0 Å². The van der Waals surface area contributed by atoms with Crippen LogP contribution in [0.25, 0.3) is 0 Å². The average Bonchev–Trinajstić information content (AvgIpc) is 2.46. The van der Waals surface area contributed by atoms with Crippen LogP contribution in [0.1, 0.15) is 19.3 Å². The second kappa shape index (κ2) is 2.49. The van der Waals surface area contributed by atoms with Crippen molar-refractivity contribution in [3.63, 3.8) is 0 Å². The molecule has 0 saturated heterocycles. The predicted octanol–water partition coefficient (Wildman–Crippen LogP) is 2.52.